The number of aromatic nitrogens is 3. The molecule has 5 nitrogen and oxygen atoms in total. The van der Waals surface area contributed by atoms with Crippen LogP contribution in [-0.2, 0) is 0 Å². The van der Waals surface area contributed by atoms with E-state index in [2.05, 4.69) is 15.0 Å². The van der Waals surface area contributed by atoms with Crippen molar-refractivity contribution in [1.82, 2.24) is 15.0 Å². The molecule has 0 unspecified atom stereocenters. The maximum absolute atomic E-state index is 11.6. The number of H-pyrrole nitrogens is 1. The van der Waals surface area contributed by atoms with Gasteiger partial charge in [0.15, 0.2) is 0 Å². The number of aromatic carboxylic acids is 1. The summed E-state index contributed by atoms with van der Waals surface area (Å²) in [7, 11) is 0. The molecule has 112 valence electrons. The van der Waals surface area contributed by atoms with Crippen LogP contribution in [0.25, 0.3) is 32.9 Å². The minimum absolute atomic E-state index is 0.242. The summed E-state index contributed by atoms with van der Waals surface area (Å²) in [4.78, 5) is 23.8. The Labute approximate surface area is 135 Å². The first-order valence-electron chi connectivity index (χ1n) is 6.96. The zero-order valence-corrected chi connectivity index (χ0v) is 12.7. The fourth-order valence-electron chi connectivity index (χ4n) is 2.52. The lowest BCUT2D eigenvalue weighted by Gasteiger charge is -1.98. The molecule has 4 rings (SSSR count). The van der Waals surface area contributed by atoms with Gasteiger partial charge in [0.05, 0.1) is 5.69 Å². The number of thiazole rings is 1. The Morgan fingerprint density at radius 3 is 2.74 bits per heavy atom. The third kappa shape index (κ3) is 2.29. The van der Waals surface area contributed by atoms with Crippen LogP contribution in [0.15, 0.2) is 54.9 Å². The number of pyridine rings is 1. The van der Waals surface area contributed by atoms with Crippen molar-refractivity contribution < 1.29 is 9.90 Å². The minimum atomic E-state index is -0.966. The maximum atomic E-state index is 11.6. The van der Waals surface area contributed by atoms with E-state index in [0.29, 0.717) is 10.7 Å². The molecule has 0 aliphatic carbocycles. The molecule has 0 radical (unpaired) electrons. The molecule has 4 aromatic rings. The summed E-state index contributed by atoms with van der Waals surface area (Å²) in [6, 6.07) is 13.1. The lowest BCUT2D eigenvalue weighted by molar-refractivity contribution is 0.0702. The van der Waals surface area contributed by atoms with Crippen molar-refractivity contribution in [3.05, 3.63) is 59.7 Å². The van der Waals surface area contributed by atoms with E-state index in [4.69, 9.17) is 0 Å². The van der Waals surface area contributed by atoms with Crippen LogP contribution in [0, 0.1) is 0 Å². The van der Waals surface area contributed by atoms with Crippen molar-refractivity contribution >= 4 is 28.3 Å². The van der Waals surface area contributed by atoms with Gasteiger partial charge in [-0.3, -0.25) is 0 Å². The first kappa shape index (κ1) is 13.7. The Morgan fingerprint density at radius 2 is 1.96 bits per heavy atom. The first-order valence-corrected chi connectivity index (χ1v) is 7.77. The van der Waals surface area contributed by atoms with Gasteiger partial charge in [-0.05, 0) is 12.1 Å². The van der Waals surface area contributed by atoms with Crippen LogP contribution in [0.4, 0.5) is 0 Å². The largest absolute Gasteiger partial charge is 0.477 e. The molecule has 0 atom stereocenters. The lowest BCUT2D eigenvalue weighted by atomic mass is 10.1. The molecule has 0 aliphatic rings. The number of aromatic amines is 1. The average molecular weight is 321 g/mol. The molecule has 3 heterocycles. The van der Waals surface area contributed by atoms with Crippen LogP contribution in [-0.4, -0.2) is 26.0 Å². The van der Waals surface area contributed by atoms with Gasteiger partial charge in [-0.25, -0.2) is 14.8 Å². The number of hydrogen-bond acceptors (Lipinski definition) is 4. The van der Waals surface area contributed by atoms with Gasteiger partial charge in [-0.15, -0.1) is 11.3 Å². The number of benzene rings is 1. The number of carbonyl (C=O) groups is 1. The number of nitrogens with zero attached hydrogens (tertiary/aromatic N) is 2. The van der Waals surface area contributed by atoms with Gasteiger partial charge in [0.2, 0.25) is 0 Å². The highest BCUT2D eigenvalue weighted by atomic mass is 32.1. The molecule has 23 heavy (non-hydrogen) atoms. The Balaban J connectivity index is 1.94. The predicted octanol–water partition coefficient (Wildman–Crippen LogP) is 4.05. The standard InChI is InChI=1S/C17H11N3O2S/c21-17(22)14-13(10-4-2-1-3-5-10)20-16(23-14)12-7-9-19-15-11(12)6-8-18-15/h1-9H,(H,18,19)(H,21,22). The smallest absolute Gasteiger partial charge is 0.348 e. The van der Waals surface area contributed by atoms with Crippen molar-refractivity contribution in [3.8, 4) is 21.8 Å². The van der Waals surface area contributed by atoms with Gasteiger partial charge in [-0.2, -0.15) is 0 Å². The number of hydrogen-bond donors (Lipinski definition) is 2. The first-order chi connectivity index (χ1) is 11.2. The quantitative estimate of drug-likeness (QED) is 0.596. The molecule has 1 aromatic carbocycles. The summed E-state index contributed by atoms with van der Waals surface area (Å²) in [5, 5.41) is 11.1. The van der Waals surface area contributed by atoms with E-state index in [-0.39, 0.29) is 4.88 Å². The summed E-state index contributed by atoms with van der Waals surface area (Å²) in [5.74, 6) is -0.966. The van der Waals surface area contributed by atoms with E-state index >= 15 is 0 Å². The molecule has 0 aliphatic heterocycles. The Bertz CT molecular complexity index is 1010. The molecule has 2 N–H and O–H groups in total. The zero-order valence-electron chi connectivity index (χ0n) is 11.9. The second kappa shape index (κ2) is 5.33. The van der Waals surface area contributed by atoms with Crippen LogP contribution < -0.4 is 0 Å². The minimum Gasteiger partial charge on any atom is -0.477 e. The normalized spacial score (nSPS) is 11.0. The number of carboxylic acids is 1. The molecule has 3 aromatic heterocycles. The van der Waals surface area contributed by atoms with E-state index in [1.165, 1.54) is 11.3 Å². The van der Waals surface area contributed by atoms with Crippen LogP contribution >= 0.6 is 11.3 Å². The SMILES string of the molecule is O=C(O)c1sc(-c2ccnc3[nH]ccc23)nc1-c1ccccc1. The predicted molar refractivity (Wildman–Crippen MR) is 89.6 cm³/mol. The topological polar surface area (TPSA) is 78.9 Å². The van der Waals surface area contributed by atoms with Crippen LogP contribution in [0.2, 0.25) is 0 Å². The van der Waals surface area contributed by atoms with Gasteiger partial charge in [0, 0.05) is 28.9 Å². The van der Waals surface area contributed by atoms with Crippen molar-refractivity contribution in [2.75, 3.05) is 0 Å². The van der Waals surface area contributed by atoms with E-state index < -0.39 is 5.97 Å². The Kier molecular flexibility index (Phi) is 3.17. The Morgan fingerprint density at radius 1 is 1.13 bits per heavy atom. The average Bonchev–Trinajstić information content (AvgIpc) is 3.22. The molecule has 6 heteroatoms. The highest BCUT2D eigenvalue weighted by Gasteiger charge is 2.20. The van der Waals surface area contributed by atoms with Crippen molar-refractivity contribution in [2.24, 2.45) is 0 Å². The van der Waals surface area contributed by atoms with Crippen LogP contribution in [0.1, 0.15) is 9.67 Å². The molecular weight excluding hydrogens is 310 g/mol. The van der Waals surface area contributed by atoms with Crippen LogP contribution in [0.3, 0.4) is 0 Å². The summed E-state index contributed by atoms with van der Waals surface area (Å²) < 4.78 is 0. The fraction of sp³-hybridized carbons (Fsp3) is 0. The summed E-state index contributed by atoms with van der Waals surface area (Å²) in [5.41, 5.74) is 2.94. The molecule has 0 saturated heterocycles. The third-order valence-electron chi connectivity index (χ3n) is 3.56. The Hall–Kier alpha value is -2.99. The second-order valence-corrected chi connectivity index (χ2v) is 5.97. The lowest BCUT2D eigenvalue weighted by Crippen LogP contribution is -1.95. The van der Waals surface area contributed by atoms with Crippen molar-refractivity contribution in [3.63, 3.8) is 0 Å². The van der Waals surface area contributed by atoms with E-state index in [1.54, 1.807) is 6.20 Å². The van der Waals surface area contributed by atoms with Gasteiger partial charge in [0.25, 0.3) is 0 Å². The number of fused-ring (bicyclic) bond motifs is 1. The monoisotopic (exact) mass is 321 g/mol. The molecule has 0 fully saturated rings. The van der Waals surface area contributed by atoms with Gasteiger partial charge in [-0.1, -0.05) is 30.3 Å². The number of rotatable bonds is 3. The van der Waals surface area contributed by atoms with Gasteiger partial charge in [0.1, 0.15) is 15.5 Å². The number of nitrogens with one attached hydrogen (secondary N) is 1. The molecule has 0 bridgehead atoms. The fourth-order valence-corrected chi connectivity index (χ4v) is 3.49. The summed E-state index contributed by atoms with van der Waals surface area (Å²) in [6.45, 7) is 0. The van der Waals surface area contributed by atoms with Gasteiger partial charge >= 0.3 is 5.97 Å². The molecule has 0 amide bonds. The third-order valence-corrected chi connectivity index (χ3v) is 4.64. The summed E-state index contributed by atoms with van der Waals surface area (Å²) in [6.07, 6.45) is 3.50. The van der Waals surface area contributed by atoms with Crippen LogP contribution in [0.5, 0.6) is 0 Å². The summed E-state index contributed by atoms with van der Waals surface area (Å²) >= 11 is 1.18. The second-order valence-electron chi connectivity index (χ2n) is 4.97. The van der Waals surface area contributed by atoms with Crippen molar-refractivity contribution in [2.45, 2.75) is 0 Å². The van der Waals surface area contributed by atoms with E-state index in [0.717, 1.165) is 22.2 Å². The maximum Gasteiger partial charge on any atom is 0.348 e. The molecule has 0 saturated carbocycles. The molecule has 0 spiro atoms. The van der Waals surface area contributed by atoms with E-state index in [9.17, 15) is 9.90 Å². The highest BCUT2D eigenvalue weighted by Crippen LogP contribution is 2.36. The number of carboxylic acid groups (broad SMARTS) is 1. The van der Waals surface area contributed by atoms with E-state index in [1.807, 2.05) is 48.7 Å². The molecular formula is C17H11N3O2S. The van der Waals surface area contributed by atoms with Gasteiger partial charge < -0.3 is 10.1 Å². The zero-order chi connectivity index (χ0) is 15.8. The highest BCUT2D eigenvalue weighted by molar-refractivity contribution is 7.17. The van der Waals surface area contributed by atoms with Crippen molar-refractivity contribution in [1.29, 1.82) is 0 Å².